The number of hydrogen-bond donors (Lipinski definition) is 1. The van der Waals surface area contributed by atoms with E-state index in [1.807, 2.05) is 0 Å². The van der Waals surface area contributed by atoms with Crippen molar-refractivity contribution in [3.63, 3.8) is 0 Å². The van der Waals surface area contributed by atoms with Crippen LogP contribution in [0, 0.1) is 5.41 Å². The van der Waals surface area contributed by atoms with Crippen LogP contribution in [0.4, 0.5) is 13.2 Å². The molecule has 0 saturated carbocycles. The molecule has 1 aromatic rings. The minimum absolute atomic E-state index is 0.116. The fraction of sp³-hybridized carbons (Fsp3) is 0.636. The molecule has 2 atom stereocenters. The van der Waals surface area contributed by atoms with Crippen LogP contribution in [0.3, 0.4) is 0 Å². The maximum absolute atomic E-state index is 13.0. The smallest absolute Gasteiger partial charge is 0.406 e. The van der Waals surface area contributed by atoms with Crippen LogP contribution in [0.5, 0.6) is 0 Å². The highest BCUT2D eigenvalue weighted by Gasteiger charge is 2.63. The fourth-order valence-electron chi connectivity index (χ4n) is 2.31. The summed E-state index contributed by atoms with van der Waals surface area (Å²) < 4.78 is 39.1. The molecular formula is C11H13F3N2O2S. The van der Waals surface area contributed by atoms with Crippen LogP contribution in [-0.4, -0.2) is 40.2 Å². The Hall–Kier alpha value is -1.15. The SMILES string of the molecule is CC(c1cncs1)N1CCC(C(=O)O)(C(F)(F)F)C1. The topological polar surface area (TPSA) is 53.4 Å². The molecule has 1 aliphatic rings. The van der Waals surface area contributed by atoms with Crippen molar-refractivity contribution in [2.24, 2.45) is 5.41 Å². The molecule has 4 nitrogen and oxygen atoms in total. The summed E-state index contributed by atoms with van der Waals surface area (Å²) in [6, 6.07) is -0.254. The summed E-state index contributed by atoms with van der Waals surface area (Å²) in [6.45, 7) is 1.37. The third kappa shape index (κ3) is 2.34. The van der Waals surface area contributed by atoms with Gasteiger partial charge in [-0.15, -0.1) is 11.3 Å². The number of alkyl halides is 3. The van der Waals surface area contributed by atoms with E-state index in [9.17, 15) is 18.0 Å². The molecule has 0 spiro atoms. The van der Waals surface area contributed by atoms with E-state index in [1.165, 1.54) is 11.3 Å². The second-order valence-corrected chi connectivity index (χ2v) is 5.60. The number of rotatable bonds is 3. The van der Waals surface area contributed by atoms with Gasteiger partial charge in [0.1, 0.15) is 0 Å². The molecule has 0 bridgehead atoms. The second-order valence-electron chi connectivity index (χ2n) is 4.69. The van der Waals surface area contributed by atoms with Gasteiger partial charge in [-0.2, -0.15) is 13.2 Å². The van der Waals surface area contributed by atoms with Gasteiger partial charge in [0, 0.05) is 30.2 Å². The lowest BCUT2D eigenvalue weighted by Gasteiger charge is -2.29. The fourth-order valence-corrected chi connectivity index (χ4v) is 3.02. The number of nitrogens with zero attached hydrogens (tertiary/aromatic N) is 2. The van der Waals surface area contributed by atoms with Crippen LogP contribution in [0.1, 0.15) is 24.3 Å². The summed E-state index contributed by atoms with van der Waals surface area (Å²) in [5.74, 6) is -1.79. The molecule has 1 aliphatic heterocycles. The molecule has 2 rings (SSSR count). The maximum atomic E-state index is 13.0. The molecule has 19 heavy (non-hydrogen) atoms. The van der Waals surface area contributed by atoms with Gasteiger partial charge in [0.2, 0.25) is 0 Å². The van der Waals surface area contributed by atoms with Crippen LogP contribution >= 0.6 is 11.3 Å². The number of carboxylic acid groups (broad SMARTS) is 1. The Morgan fingerprint density at radius 3 is 2.74 bits per heavy atom. The van der Waals surface area contributed by atoms with E-state index >= 15 is 0 Å². The Labute approximate surface area is 111 Å². The number of carboxylic acids is 1. The molecule has 1 fully saturated rings. The van der Waals surface area contributed by atoms with Crippen molar-refractivity contribution < 1.29 is 23.1 Å². The molecule has 1 aromatic heterocycles. The Kier molecular flexibility index (Phi) is 3.57. The maximum Gasteiger partial charge on any atom is 0.406 e. The first-order valence-electron chi connectivity index (χ1n) is 5.70. The predicted octanol–water partition coefficient (Wildman–Crippen LogP) is 2.54. The van der Waals surface area contributed by atoms with E-state index < -0.39 is 30.5 Å². The van der Waals surface area contributed by atoms with Gasteiger partial charge in [0.15, 0.2) is 5.41 Å². The van der Waals surface area contributed by atoms with Crippen molar-refractivity contribution >= 4 is 17.3 Å². The largest absolute Gasteiger partial charge is 0.481 e. The third-order valence-electron chi connectivity index (χ3n) is 3.66. The van der Waals surface area contributed by atoms with Gasteiger partial charge in [0.25, 0.3) is 0 Å². The standard InChI is InChI=1S/C11H13F3N2O2S/c1-7(8-4-15-6-19-8)16-3-2-10(5-16,9(17)18)11(12,13)14/h4,6-7H,2-3,5H2,1H3,(H,17,18). The van der Waals surface area contributed by atoms with E-state index in [4.69, 9.17) is 5.11 Å². The lowest BCUT2D eigenvalue weighted by atomic mass is 9.86. The molecule has 8 heteroatoms. The quantitative estimate of drug-likeness (QED) is 0.931. The minimum Gasteiger partial charge on any atom is -0.481 e. The van der Waals surface area contributed by atoms with Crippen LogP contribution in [0.2, 0.25) is 0 Å². The van der Waals surface area contributed by atoms with Gasteiger partial charge in [-0.3, -0.25) is 14.7 Å². The van der Waals surface area contributed by atoms with Gasteiger partial charge in [0.05, 0.1) is 5.51 Å². The summed E-state index contributed by atoms with van der Waals surface area (Å²) in [4.78, 5) is 17.3. The van der Waals surface area contributed by atoms with Gasteiger partial charge >= 0.3 is 12.1 Å². The average molecular weight is 294 g/mol. The number of likely N-dealkylation sites (tertiary alicyclic amines) is 1. The van der Waals surface area contributed by atoms with Crippen LogP contribution in [0.15, 0.2) is 11.7 Å². The highest BCUT2D eigenvalue weighted by atomic mass is 32.1. The minimum atomic E-state index is -4.74. The number of halogens is 3. The van der Waals surface area contributed by atoms with E-state index in [-0.39, 0.29) is 12.6 Å². The molecule has 0 aromatic carbocycles. The molecule has 2 unspecified atom stereocenters. The van der Waals surface area contributed by atoms with E-state index in [2.05, 4.69) is 4.98 Å². The molecule has 0 amide bonds. The Bertz CT molecular complexity index is 463. The zero-order chi connectivity index (χ0) is 14.3. The molecular weight excluding hydrogens is 281 g/mol. The van der Waals surface area contributed by atoms with Crippen molar-refractivity contribution in [1.29, 1.82) is 0 Å². The monoisotopic (exact) mass is 294 g/mol. The summed E-state index contributed by atoms with van der Waals surface area (Å²) in [5, 5.41) is 8.97. The molecule has 1 saturated heterocycles. The van der Waals surface area contributed by atoms with Crippen molar-refractivity contribution in [3.05, 3.63) is 16.6 Å². The first-order valence-corrected chi connectivity index (χ1v) is 6.58. The number of hydrogen-bond acceptors (Lipinski definition) is 4. The van der Waals surface area contributed by atoms with Gasteiger partial charge < -0.3 is 5.11 Å². The number of aromatic nitrogens is 1. The van der Waals surface area contributed by atoms with Crippen LogP contribution in [0.25, 0.3) is 0 Å². The van der Waals surface area contributed by atoms with Crippen molar-refractivity contribution in [1.82, 2.24) is 9.88 Å². The van der Waals surface area contributed by atoms with Gasteiger partial charge in [-0.1, -0.05) is 0 Å². The Balaban J connectivity index is 2.20. The summed E-state index contributed by atoms with van der Waals surface area (Å²) in [7, 11) is 0. The third-order valence-corrected chi connectivity index (χ3v) is 4.61. The summed E-state index contributed by atoms with van der Waals surface area (Å²) in [6.07, 6.45) is -3.54. The lowest BCUT2D eigenvalue weighted by molar-refractivity contribution is -0.227. The molecule has 2 heterocycles. The highest BCUT2D eigenvalue weighted by molar-refractivity contribution is 7.09. The van der Waals surface area contributed by atoms with E-state index in [0.29, 0.717) is 0 Å². The van der Waals surface area contributed by atoms with Crippen LogP contribution in [-0.2, 0) is 4.79 Å². The van der Waals surface area contributed by atoms with Crippen LogP contribution < -0.4 is 0 Å². The van der Waals surface area contributed by atoms with Gasteiger partial charge in [-0.05, 0) is 13.3 Å². The molecule has 0 radical (unpaired) electrons. The first-order chi connectivity index (χ1) is 8.78. The molecule has 1 N–H and O–H groups in total. The van der Waals surface area contributed by atoms with Crippen molar-refractivity contribution in [2.75, 3.05) is 13.1 Å². The van der Waals surface area contributed by atoms with Gasteiger partial charge in [-0.25, -0.2) is 0 Å². The molecule has 106 valence electrons. The lowest BCUT2D eigenvalue weighted by Crippen LogP contribution is -2.47. The zero-order valence-electron chi connectivity index (χ0n) is 10.1. The molecule has 0 aliphatic carbocycles. The second kappa shape index (κ2) is 4.75. The van der Waals surface area contributed by atoms with E-state index in [0.717, 1.165) is 4.88 Å². The summed E-state index contributed by atoms with van der Waals surface area (Å²) in [5.41, 5.74) is -1.04. The predicted molar refractivity (Wildman–Crippen MR) is 62.8 cm³/mol. The summed E-state index contributed by atoms with van der Waals surface area (Å²) >= 11 is 1.35. The normalized spacial score (nSPS) is 26.5. The number of thiazole rings is 1. The van der Waals surface area contributed by atoms with Crippen molar-refractivity contribution in [3.8, 4) is 0 Å². The number of aliphatic carboxylic acids is 1. The van der Waals surface area contributed by atoms with Crippen molar-refractivity contribution in [2.45, 2.75) is 25.6 Å². The van der Waals surface area contributed by atoms with E-state index in [1.54, 1.807) is 23.5 Å². The Morgan fingerprint density at radius 2 is 2.32 bits per heavy atom. The first kappa shape index (κ1) is 14.3. The Morgan fingerprint density at radius 1 is 1.63 bits per heavy atom. The highest BCUT2D eigenvalue weighted by Crippen LogP contribution is 2.47. The zero-order valence-corrected chi connectivity index (χ0v) is 11.0. The average Bonchev–Trinajstić information content (AvgIpc) is 2.97. The number of carbonyl (C=O) groups is 1.